The third-order valence-electron chi connectivity index (χ3n) is 7.10. The van der Waals surface area contributed by atoms with E-state index in [0.29, 0.717) is 24.4 Å². The number of alkyl halides is 6. The van der Waals surface area contributed by atoms with Gasteiger partial charge in [0.25, 0.3) is 5.91 Å². The van der Waals surface area contributed by atoms with E-state index in [4.69, 9.17) is 15.6 Å². The highest BCUT2D eigenvalue weighted by atomic mass is 32.2. The zero-order valence-corrected chi connectivity index (χ0v) is 26.5. The van der Waals surface area contributed by atoms with Crippen LogP contribution < -0.4 is 11.1 Å². The monoisotopic (exact) mass is 706 g/mol. The first-order valence-electron chi connectivity index (χ1n) is 14.7. The fourth-order valence-electron chi connectivity index (χ4n) is 4.55. The number of Topliss-reactive ketones (excluding diaryl/α,β-unsaturated/α-hetero) is 1. The number of carboxylic acid groups (broad SMARTS) is 1. The Bertz CT molecular complexity index is 1360. The molecule has 2 aromatic rings. The van der Waals surface area contributed by atoms with Gasteiger partial charge in [0.2, 0.25) is 17.6 Å². The summed E-state index contributed by atoms with van der Waals surface area (Å²) in [5.41, 5.74) is 7.71. The van der Waals surface area contributed by atoms with Gasteiger partial charge in [-0.15, -0.1) is 0 Å². The molecule has 1 aliphatic rings. The number of nitrogens with zero attached hydrogens (tertiary/aromatic N) is 2. The van der Waals surface area contributed by atoms with E-state index in [1.165, 1.54) is 5.56 Å². The Kier molecular flexibility index (Phi) is 16.0. The number of hydrogen-bond donors (Lipinski definition) is 3. The maximum absolute atomic E-state index is 13.2. The summed E-state index contributed by atoms with van der Waals surface area (Å²) in [5, 5.41) is 9.67. The lowest BCUT2D eigenvalue weighted by molar-refractivity contribution is -0.192. The molecule has 0 bridgehead atoms. The van der Waals surface area contributed by atoms with E-state index in [0.717, 1.165) is 36.2 Å². The van der Waals surface area contributed by atoms with Gasteiger partial charge >= 0.3 is 18.3 Å². The molecule has 0 radical (unpaired) electrons. The van der Waals surface area contributed by atoms with Gasteiger partial charge in [-0.25, -0.2) is 4.79 Å². The van der Waals surface area contributed by atoms with Crippen LogP contribution in [0.25, 0.3) is 0 Å². The molecule has 48 heavy (non-hydrogen) atoms. The van der Waals surface area contributed by atoms with E-state index < -0.39 is 60.2 Å². The molecule has 0 aromatic heterocycles. The molecule has 4 N–H and O–H groups in total. The molecule has 1 unspecified atom stereocenters. The number of rotatable bonds is 14. The first-order valence-corrected chi connectivity index (χ1v) is 15.8. The first kappa shape index (κ1) is 40.2. The van der Waals surface area contributed by atoms with Crippen molar-refractivity contribution in [3.8, 4) is 0 Å². The van der Waals surface area contributed by atoms with Gasteiger partial charge in [-0.3, -0.25) is 24.1 Å². The summed E-state index contributed by atoms with van der Waals surface area (Å²) in [7, 11) is 0. The van der Waals surface area contributed by atoms with Gasteiger partial charge < -0.3 is 21.1 Å². The molecule has 264 valence electrons. The quantitative estimate of drug-likeness (QED) is 0.197. The minimum Gasteiger partial charge on any atom is -0.475 e. The molecule has 2 aromatic carbocycles. The van der Waals surface area contributed by atoms with E-state index in [1.54, 1.807) is 30.3 Å². The van der Waals surface area contributed by atoms with Gasteiger partial charge in [-0.2, -0.15) is 38.1 Å². The van der Waals surface area contributed by atoms with Crippen LogP contribution in [-0.4, -0.2) is 107 Å². The number of nitrogens with two attached hydrogens (primary N) is 1. The number of carboxylic acids is 1. The Morgan fingerprint density at radius 3 is 2.10 bits per heavy atom. The van der Waals surface area contributed by atoms with Gasteiger partial charge in [-0.05, 0) is 55.2 Å². The van der Waals surface area contributed by atoms with Crippen LogP contribution in [0.3, 0.4) is 0 Å². The van der Waals surface area contributed by atoms with Crippen molar-refractivity contribution in [2.45, 2.75) is 43.6 Å². The lowest BCUT2D eigenvalue weighted by Gasteiger charge is -2.27. The average Bonchev–Trinajstić information content (AvgIpc) is 3.52. The number of thioether (sulfide) groups is 1. The highest BCUT2D eigenvalue weighted by Gasteiger charge is 2.38. The fourth-order valence-corrected chi connectivity index (χ4v) is 5.41. The minimum atomic E-state index is -5.08. The topological polar surface area (TPSA) is 150 Å². The van der Waals surface area contributed by atoms with Crippen molar-refractivity contribution in [1.82, 2.24) is 15.1 Å². The van der Waals surface area contributed by atoms with Crippen molar-refractivity contribution in [1.29, 1.82) is 0 Å². The number of aliphatic carboxylic acids is 1. The minimum absolute atomic E-state index is 0.0862. The van der Waals surface area contributed by atoms with Crippen molar-refractivity contribution in [2.75, 3.05) is 44.2 Å². The molecule has 1 heterocycles. The summed E-state index contributed by atoms with van der Waals surface area (Å²) < 4.78 is 68.8. The Morgan fingerprint density at radius 1 is 0.958 bits per heavy atom. The molecular formula is C31H36F6N4O6S. The van der Waals surface area contributed by atoms with Crippen molar-refractivity contribution < 1.29 is 55.4 Å². The SMILES string of the molecule is N[C@@H](CCCSCC(=O)C(F)(F)F)C(=O)N(CCN1CCC(c2ccccc2)C1)C(=O)CNC(=O)c1ccccc1.O=C(O)C(F)(F)F. The molecular weight excluding hydrogens is 670 g/mol. The van der Waals surface area contributed by atoms with Gasteiger partial charge in [-0.1, -0.05) is 48.5 Å². The first-order chi connectivity index (χ1) is 22.5. The number of amides is 3. The summed E-state index contributed by atoms with van der Waals surface area (Å²) in [4.78, 5) is 61.9. The van der Waals surface area contributed by atoms with E-state index in [1.807, 2.05) is 18.2 Å². The van der Waals surface area contributed by atoms with E-state index >= 15 is 0 Å². The Hall–Kier alpha value is -3.96. The number of hydrogen-bond acceptors (Lipinski definition) is 8. The highest BCUT2D eigenvalue weighted by molar-refractivity contribution is 7.99. The number of carbonyl (C=O) groups excluding carboxylic acids is 4. The Balaban J connectivity index is 0.00000103. The highest BCUT2D eigenvalue weighted by Crippen LogP contribution is 2.26. The van der Waals surface area contributed by atoms with Crippen LogP contribution in [0.2, 0.25) is 0 Å². The van der Waals surface area contributed by atoms with Gasteiger partial charge in [0, 0.05) is 25.2 Å². The lowest BCUT2D eigenvalue weighted by atomic mass is 9.99. The maximum atomic E-state index is 13.2. The van der Waals surface area contributed by atoms with Crippen LogP contribution in [-0.2, 0) is 19.2 Å². The molecule has 3 amide bonds. The smallest absolute Gasteiger partial charge is 0.475 e. The predicted octanol–water partition coefficient (Wildman–Crippen LogP) is 3.87. The number of imide groups is 1. The third-order valence-corrected chi connectivity index (χ3v) is 8.14. The molecule has 10 nitrogen and oxygen atoms in total. The number of nitrogens with one attached hydrogen (secondary N) is 1. The van der Waals surface area contributed by atoms with Crippen LogP contribution in [0.15, 0.2) is 60.7 Å². The predicted molar refractivity (Wildman–Crippen MR) is 165 cm³/mol. The second-order valence-electron chi connectivity index (χ2n) is 10.7. The van der Waals surface area contributed by atoms with Crippen molar-refractivity contribution >= 4 is 41.2 Å². The maximum Gasteiger partial charge on any atom is 0.490 e. The summed E-state index contributed by atoms with van der Waals surface area (Å²) >= 11 is 0.820. The molecule has 1 aliphatic heterocycles. The second-order valence-corrected chi connectivity index (χ2v) is 11.8. The summed E-state index contributed by atoms with van der Waals surface area (Å²) in [6.07, 6.45) is -8.58. The number of benzene rings is 2. The molecule has 0 saturated carbocycles. The van der Waals surface area contributed by atoms with Crippen LogP contribution in [0.4, 0.5) is 26.3 Å². The molecule has 0 aliphatic carbocycles. The second kappa shape index (κ2) is 19.1. The summed E-state index contributed by atoms with van der Waals surface area (Å²) in [6.45, 7) is 1.72. The number of ketones is 1. The third kappa shape index (κ3) is 14.0. The molecule has 17 heteroatoms. The fraction of sp³-hybridized carbons (Fsp3) is 0.452. The zero-order valence-electron chi connectivity index (χ0n) is 25.6. The molecule has 1 saturated heterocycles. The van der Waals surface area contributed by atoms with Gasteiger partial charge in [0.1, 0.15) is 0 Å². The van der Waals surface area contributed by atoms with Crippen molar-refractivity contribution in [2.24, 2.45) is 5.73 Å². The number of carbonyl (C=O) groups is 5. The normalized spacial score (nSPS) is 15.5. The number of halogens is 6. The lowest BCUT2D eigenvalue weighted by Crippen LogP contribution is -2.52. The summed E-state index contributed by atoms with van der Waals surface area (Å²) in [5.74, 6) is -6.37. The zero-order chi connectivity index (χ0) is 35.9. The van der Waals surface area contributed by atoms with Crippen LogP contribution in [0.1, 0.15) is 41.1 Å². The average molecular weight is 707 g/mol. The van der Waals surface area contributed by atoms with Gasteiger partial charge in [0.05, 0.1) is 18.3 Å². The largest absolute Gasteiger partial charge is 0.490 e. The van der Waals surface area contributed by atoms with Crippen molar-refractivity contribution in [3.05, 3.63) is 71.8 Å². The number of likely N-dealkylation sites (tertiary alicyclic amines) is 1. The molecule has 0 spiro atoms. The molecule has 2 atom stereocenters. The van der Waals surface area contributed by atoms with E-state index in [-0.39, 0.29) is 18.7 Å². The van der Waals surface area contributed by atoms with Crippen LogP contribution >= 0.6 is 11.8 Å². The Labute approximate surface area is 277 Å². The van der Waals surface area contributed by atoms with Crippen molar-refractivity contribution in [3.63, 3.8) is 0 Å². The molecule has 3 rings (SSSR count). The molecule has 1 fully saturated rings. The van der Waals surface area contributed by atoms with E-state index in [2.05, 4.69) is 22.3 Å². The van der Waals surface area contributed by atoms with Gasteiger partial charge in [0.15, 0.2) is 0 Å². The summed E-state index contributed by atoms with van der Waals surface area (Å²) in [6, 6.07) is 17.4. The van der Waals surface area contributed by atoms with Crippen LogP contribution in [0.5, 0.6) is 0 Å². The van der Waals surface area contributed by atoms with E-state index in [9.17, 15) is 45.5 Å². The Morgan fingerprint density at radius 2 is 1.54 bits per heavy atom. The van der Waals surface area contributed by atoms with Crippen LogP contribution in [0, 0.1) is 0 Å². The standard InChI is InChI=1S/C29H35F3N4O4S.C2HF3O2/c30-29(31,32)25(37)20-41-17-7-12-24(33)28(40)36(26(38)18-34-27(39)22-10-5-2-6-11-22)16-15-35-14-13-23(19-35)21-8-3-1-4-9-21;3-2(4,5)1(6)7/h1-6,8-11,23-24H,7,12-20,33H2,(H,34,39);(H,6,7)/t23?,24-;/m0./s1.